The number of anilines is 1. The fraction of sp³-hybridized carbons (Fsp3) is 0.143. The number of hydrogen-bond donors (Lipinski definition) is 1. The van der Waals surface area contributed by atoms with Crippen LogP contribution in [0, 0.1) is 5.82 Å². The summed E-state index contributed by atoms with van der Waals surface area (Å²) in [7, 11) is 0. The molecule has 112 valence electrons. The zero-order chi connectivity index (χ0) is 15.5. The molecule has 0 fully saturated rings. The average Bonchev–Trinajstić information content (AvgIpc) is 2.39. The molecular weight excluding hydrogens is 310 g/mol. The van der Waals surface area contributed by atoms with Crippen molar-refractivity contribution < 1.29 is 22.3 Å². The molecule has 2 aromatic carbocycles. The molecule has 0 aliphatic heterocycles. The van der Waals surface area contributed by atoms with Crippen molar-refractivity contribution in [1.82, 2.24) is 0 Å². The lowest BCUT2D eigenvalue weighted by atomic mass is 10.2. The molecule has 0 unspecified atom stereocenters. The summed E-state index contributed by atoms with van der Waals surface area (Å²) in [5.41, 5.74) is 0.681. The maximum absolute atomic E-state index is 13.6. The number of rotatable bonds is 4. The molecule has 2 aromatic rings. The third kappa shape index (κ3) is 4.53. The van der Waals surface area contributed by atoms with Gasteiger partial charge in [-0.1, -0.05) is 29.8 Å². The van der Waals surface area contributed by atoms with Crippen LogP contribution in [-0.2, 0) is 6.54 Å². The van der Waals surface area contributed by atoms with Gasteiger partial charge in [-0.3, -0.25) is 0 Å². The predicted molar refractivity (Wildman–Crippen MR) is 71.9 cm³/mol. The van der Waals surface area contributed by atoms with Crippen molar-refractivity contribution in [1.29, 1.82) is 0 Å². The van der Waals surface area contributed by atoms with Crippen LogP contribution < -0.4 is 10.1 Å². The Labute approximate surface area is 123 Å². The first-order chi connectivity index (χ1) is 9.85. The van der Waals surface area contributed by atoms with Gasteiger partial charge in [0.25, 0.3) is 0 Å². The van der Waals surface area contributed by atoms with Crippen LogP contribution >= 0.6 is 11.6 Å². The molecule has 0 bridgehead atoms. The van der Waals surface area contributed by atoms with Crippen LogP contribution in [0.2, 0.25) is 5.02 Å². The van der Waals surface area contributed by atoms with Crippen molar-refractivity contribution in [2.24, 2.45) is 0 Å². The van der Waals surface area contributed by atoms with Gasteiger partial charge in [-0.15, -0.1) is 13.2 Å². The number of hydrogen-bond acceptors (Lipinski definition) is 2. The molecular formula is C14H10ClF4NO. The molecule has 0 aromatic heterocycles. The number of halogens is 5. The number of nitrogens with one attached hydrogen (secondary N) is 1. The zero-order valence-electron chi connectivity index (χ0n) is 10.5. The van der Waals surface area contributed by atoms with Gasteiger partial charge >= 0.3 is 6.36 Å². The summed E-state index contributed by atoms with van der Waals surface area (Å²) in [6, 6.07) is 9.89. The summed E-state index contributed by atoms with van der Waals surface area (Å²) in [5.74, 6) is -0.935. The topological polar surface area (TPSA) is 21.3 Å². The van der Waals surface area contributed by atoms with E-state index in [1.54, 1.807) is 12.1 Å². The third-order valence-corrected chi connectivity index (χ3v) is 2.86. The van der Waals surface area contributed by atoms with E-state index in [4.69, 9.17) is 11.6 Å². The first-order valence-corrected chi connectivity index (χ1v) is 6.25. The van der Waals surface area contributed by atoms with Crippen molar-refractivity contribution >= 4 is 17.3 Å². The van der Waals surface area contributed by atoms with Gasteiger partial charge in [-0.2, -0.15) is 0 Å². The van der Waals surface area contributed by atoms with Gasteiger partial charge in [0.05, 0.1) is 10.7 Å². The lowest BCUT2D eigenvalue weighted by Crippen LogP contribution is -2.17. The van der Waals surface area contributed by atoms with E-state index in [-0.39, 0.29) is 23.0 Å². The molecule has 0 heterocycles. The van der Waals surface area contributed by atoms with Crippen LogP contribution in [0.15, 0.2) is 42.5 Å². The maximum Gasteiger partial charge on any atom is 0.573 e. The molecule has 0 atom stereocenters. The summed E-state index contributed by atoms with van der Waals surface area (Å²) in [6.45, 7) is 0.131. The molecule has 0 saturated heterocycles. The summed E-state index contributed by atoms with van der Waals surface area (Å²) in [5, 5.41) is 2.73. The van der Waals surface area contributed by atoms with E-state index in [0.717, 1.165) is 0 Å². The van der Waals surface area contributed by atoms with Gasteiger partial charge in [0, 0.05) is 6.54 Å². The Morgan fingerprint density at radius 3 is 2.52 bits per heavy atom. The fourth-order valence-electron chi connectivity index (χ4n) is 1.69. The Morgan fingerprint density at radius 2 is 1.81 bits per heavy atom. The molecule has 2 rings (SSSR count). The standard InChI is InChI=1S/C14H10ClF4NO/c15-11-5-2-6-12(13(11)16)20-8-9-3-1-4-10(7-9)21-14(17,18)19/h1-7,20H,8H2. The highest BCUT2D eigenvalue weighted by Crippen LogP contribution is 2.25. The monoisotopic (exact) mass is 319 g/mol. The molecule has 0 spiro atoms. The van der Waals surface area contributed by atoms with Crippen molar-refractivity contribution in [3.05, 3.63) is 58.9 Å². The van der Waals surface area contributed by atoms with Crippen molar-refractivity contribution in [3.8, 4) is 5.75 Å². The summed E-state index contributed by atoms with van der Waals surface area (Å²) < 4.78 is 53.8. The average molecular weight is 320 g/mol. The van der Waals surface area contributed by atoms with Crippen LogP contribution in [0.3, 0.4) is 0 Å². The highest BCUT2D eigenvalue weighted by atomic mass is 35.5. The maximum atomic E-state index is 13.6. The molecule has 0 saturated carbocycles. The van der Waals surface area contributed by atoms with Crippen LogP contribution in [0.4, 0.5) is 23.2 Å². The SMILES string of the molecule is Fc1c(Cl)cccc1NCc1cccc(OC(F)(F)F)c1. The highest BCUT2D eigenvalue weighted by Gasteiger charge is 2.31. The summed E-state index contributed by atoms with van der Waals surface area (Å²) in [4.78, 5) is 0. The second-order valence-corrected chi connectivity index (χ2v) is 4.56. The Bertz CT molecular complexity index is 631. The minimum absolute atomic E-state index is 0.0332. The first kappa shape index (κ1) is 15.4. The normalized spacial score (nSPS) is 11.3. The van der Waals surface area contributed by atoms with E-state index in [2.05, 4.69) is 10.1 Å². The van der Waals surface area contributed by atoms with E-state index in [0.29, 0.717) is 5.56 Å². The van der Waals surface area contributed by atoms with E-state index < -0.39 is 12.2 Å². The molecule has 0 radical (unpaired) electrons. The minimum atomic E-state index is -4.74. The predicted octanol–water partition coefficient (Wildman–Crippen LogP) is 4.99. The molecule has 0 aliphatic carbocycles. The minimum Gasteiger partial charge on any atom is -0.406 e. The van der Waals surface area contributed by atoms with Gasteiger partial charge < -0.3 is 10.1 Å². The Kier molecular flexibility index (Phi) is 4.57. The molecule has 1 N–H and O–H groups in total. The lowest BCUT2D eigenvalue weighted by Gasteiger charge is -2.11. The highest BCUT2D eigenvalue weighted by molar-refractivity contribution is 6.31. The van der Waals surface area contributed by atoms with Crippen LogP contribution in [0.5, 0.6) is 5.75 Å². The molecule has 0 aliphatic rings. The van der Waals surface area contributed by atoms with Crippen LogP contribution in [-0.4, -0.2) is 6.36 Å². The van der Waals surface area contributed by atoms with Gasteiger partial charge in [0.15, 0.2) is 5.82 Å². The van der Waals surface area contributed by atoms with Crippen LogP contribution in [0.25, 0.3) is 0 Å². The molecule has 2 nitrogen and oxygen atoms in total. The van der Waals surface area contributed by atoms with E-state index in [1.165, 1.54) is 30.3 Å². The number of ether oxygens (including phenoxy) is 1. The van der Waals surface area contributed by atoms with Gasteiger partial charge in [-0.05, 0) is 29.8 Å². The Hall–Kier alpha value is -1.95. The second-order valence-electron chi connectivity index (χ2n) is 4.15. The Morgan fingerprint density at radius 1 is 1.10 bits per heavy atom. The van der Waals surface area contributed by atoms with Gasteiger partial charge in [0.2, 0.25) is 0 Å². The van der Waals surface area contributed by atoms with Crippen LogP contribution in [0.1, 0.15) is 5.56 Å². The van der Waals surface area contributed by atoms with Gasteiger partial charge in [0.1, 0.15) is 5.75 Å². The van der Waals surface area contributed by atoms with Crippen molar-refractivity contribution in [2.75, 3.05) is 5.32 Å². The van der Waals surface area contributed by atoms with E-state index >= 15 is 0 Å². The first-order valence-electron chi connectivity index (χ1n) is 5.88. The molecule has 7 heteroatoms. The zero-order valence-corrected chi connectivity index (χ0v) is 11.3. The number of benzene rings is 2. The smallest absolute Gasteiger partial charge is 0.406 e. The van der Waals surface area contributed by atoms with Crippen molar-refractivity contribution in [3.63, 3.8) is 0 Å². The van der Waals surface area contributed by atoms with Gasteiger partial charge in [-0.25, -0.2) is 4.39 Å². The molecule has 0 amide bonds. The lowest BCUT2D eigenvalue weighted by molar-refractivity contribution is -0.274. The number of alkyl halides is 3. The summed E-state index contributed by atoms with van der Waals surface area (Å²) in [6.07, 6.45) is -4.74. The largest absolute Gasteiger partial charge is 0.573 e. The second kappa shape index (κ2) is 6.22. The van der Waals surface area contributed by atoms with E-state index in [9.17, 15) is 17.6 Å². The van der Waals surface area contributed by atoms with E-state index in [1.807, 2.05) is 0 Å². The fourth-order valence-corrected chi connectivity index (χ4v) is 1.86. The quantitative estimate of drug-likeness (QED) is 0.802. The van der Waals surface area contributed by atoms with Crippen molar-refractivity contribution in [2.45, 2.75) is 12.9 Å². The third-order valence-electron chi connectivity index (χ3n) is 2.57. The summed E-state index contributed by atoms with van der Waals surface area (Å²) >= 11 is 5.63. The molecule has 21 heavy (non-hydrogen) atoms. The Balaban J connectivity index is 2.07.